The van der Waals surface area contributed by atoms with Crippen LogP contribution in [0, 0.1) is 0 Å². The van der Waals surface area contributed by atoms with E-state index in [1.807, 2.05) is 54.6 Å². The Morgan fingerprint density at radius 3 is 2.45 bits per heavy atom. The summed E-state index contributed by atoms with van der Waals surface area (Å²) in [4.78, 5) is 21.3. The number of rotatable bonds is 11. The molecule has 0 aliphatic heterocycles. The topological polar surface area (TPSA) is 45.2 Å². The molecular formula is C25H30ClN3OS. The third-order valence-electron chi connectivity index (χ3n) is 4.99. The van der Waals surface area contributed by atoms with E-state index >= 15 is 0 Å². The van der Waals surface area contributed by atoms with Crippen molar-refractivity contribution >= 4 is 40.2 Å². The first-order chi connectivity index (χ1) is 15.1. The molecule has 3 aromatic rings. The van der Waals surface area contributed by atoms with Crippen LogP contribution >= 0.6 is 23.4 Å². The molecule has 3 rings (SSSR count). The highest BCUT2D eigenvalue weighted by Gasteiger charge is 2.14. The van der Waals surface area contributed by atoms with E-state index in [9.17, 15) is 4.79 Å². The monoisotopic (exact) mass is 455 g/mol. The first-order valence-corrected chi connectivity index (χ1v) is 12.1. The van der Waals surface area contributed by atoms with Crippen LogP contribution in [0.1, 0.15) is 43.5 Å². The van der Waals surface area contributed by atoms with Gasteiger partial charge in [0.1, 0.15) is 5.03 Å². The van der Waals surface area contributed by atoms with Gasteiger partial charge in [0.05, 0.1) is 11.1 Å². The Labute approximate surface area is 194 Å². The summed E-state index contributed by atoms with van der Waals surface area (Å²) in [6, 6.07) is 17.3. The zero-order chi connectivity index (χ0) is 22.1. The molecule has 0 saturated carbocycles. The highest BCUT2D eigenvalue weighted by atomic mass is 35.5. The van der Waals surface area contributed by atoms with Gasteiger partial charge < -0.3 is 10.2 Å². The van der Waals surface area contributed by atoms with E-state index in [2.05, 4.69) is 24.1 Å². The number of hydrogen-bond donors (Lipinski definition) is 1. The van der Waals surface area contributed by atoms with Crippen LogP contribution < -0.4 is 5.32 Å². The number of hydrogen-bond acceptors (Lipinski definition) is 4. The van der Waals surface area contributed by atoms with Gasteiger partial charge in [0.25, 0.3) is 5.91 Å². The highest BCUT2D eigenvalue weighted by molar-refractivity contribution is 7.99. The molecule has 0 atom stereocenters. The summed E-state index contributed by atoms with van der Waals surface area (Å²) < 4.78 is 0. The van der Waals surface area contributed by atoms with Crippen molar-refractivity contribution in [1.29, 1.82) is 0 Å². The molecule has 0 fully saturated rings. The maximum Gasteiger partial charge on any atom is 0.252 e. The van der Waals surface area contributed by atoms with E-state index in [0.29, 0.717) is 17.1 Å². The molecule has 1 aromatic heterocycles. The number of fused-ring (bicyclic) bond motifs is 1. The Morgan fingerprint density at radius 2 is 1.74 bits per heavy atom. The van der Waals surface area contributed by atoms with Crippen molar-refractivity contribution in [1.82, 2.24) is 15.2 Å². The number of aromatic nitrogens is 1. The van der Waals surface area contributed by atoms with Crippen LogP contribution in [0.15, 0.2) is 64.5 Å². The van der Waals surface area contributed by atoms with Gasteiger partial charge in [0, 0.05) is 21.8 Å². The van der Waals surface area contributed by atoms with Gasteiger partial charge in [-0.15, -0.1) is 0 Å². The zero-order valence-electron chi connectivity index (χ0n) is 18.2. The molecule has 6 heteroatoms. The number of pyridine rings is 1. The summed E-state index contributed by atoms with van der Waals surface area (Å²) in [6.07, 6.45) is 3.26. The average molecular weight is 456 g/mol. The predicted octanol–water partition coefficient (Wildman–Crippen LogP) is 6.28. The number of nitrogens with zero attached hydrogens (tertiary/aromatic N) is 2. The van der Waals surface area contributed by atoms with E-state index in [4.69, 9.17) is 16.6 Å². The van der Waals surface area contributed by atoms with Gasteiger partial charge in [-0.1, -0.05) is 55.4 Å². The second kappa shape index (κ2) is 12.1. The molecule has 0 saturated heterocycles. The highest BCUT2D eigenvalue weighted by Crippen LogP contribution is 2.30. The van der Waals surface area contributed by atoms with E-state index in [-0.39, 0.29) is 5.91 Å². The maximum absolute atomic E-state index is 13.0. The van der Waals surface area contributed by atoms with Crippen LogP contribution in [0.25, 0.3) is 10.9 Å². The van der Waals surface area contributed by atoms with Crippen molar-refractivity contribution in [3.05, 3.63) is 65.2 Å². The van der Waals surface area contributed by atoms with Crippen LogP contribution in [-0.4, -0.2) is 42.0 Å². The molecule has 31 heavy (non-hydrogen) atoms. The van der Waals surface area contributed by atoms with E-state index in [1.165, 1.54) is 11.8 Å². The summed E-state index contributed by atoms with van der Waals surface area (Å²) in [6.45, 7) is 8.32. The van der Waals surface area contributed by atoms with Crippen LogP contribution in [0.3, 0.4) is 0 Å². The number of para-hydroxylation sites is 1. The molecule has 2 aromatic carbocycles. The molecule has 1 heterocycles. The Bertz CT molecular complexity index is 988. The van der Waals surface area contributed by atoms with Crippen molar-refractivity contribution in [2.45, 2.75) is 43.0 Å². The Kier molecular flexibility index (Phi) is 9.19. The lowest BCUT2D eigenvalue weighted by atomic mass is 10.1. The fraction of sp³-hybridized carbons (Fsp3) is 0.360. The van der Waals surface area contributed by atoms with E-state index < -0.39 is 0 Å². The van der Waals surface area contributed by atoms with Crippen molar-refractivity contribution in [3.63, 3.8) is 0 Å². The van der Waals surface area contributed by atoms with Gasteiger partial charge in [-0.05, 0) is 75.3 Å². The fourth-order valence-electron chi connectivity index (χ4n) is 3.58. The molecule has 0 bridgehead atoms. The number of halogens is 1. The summed E-state index contributed by atoms with van der Waals surface area (Å²) in [7, 11) is 0. The summed E-state index contributed by atoms with van der Waals surface area (Å²) >= 11 is 7.52. The van der Waals surface area contributed by atoms with Crippen molar-refractivity contribution in [2.75, 3.05) is 26.2 Å². The van der Waals surface area contributed by atoms with Gasteiger partial charge in [-0.25, -0.2) is 4.98 Å². The smallest absolute Gasteiger partial charge is 0.252 e. The maximum atomic E-state index is 13.0. The van der Waals surface area contributed by atoms with Crippen LogP contribution in [-0.2, 0) is 0 Å². The second-order valence-corrected chi connectivity index (χ2v) is 9.06. The van der Waals surface area contributed by atoms with Gasteiger partial charge in [-0.3, -0.25) is 4.79 Å². The SMILES string of the molecule is CCCN(CCC)CCCNC(=O)c1cc(Sc2ccc(Cl)cc2)nc2ccccc12. The average Bonchev–Trinajstić information content (AvgIpc) is 2.78. The minimum atomic E-state index is -0.0471. The van der Waals surface area contributed by atoms with Crippen LogP contribution in [0.5, 0.6) is 0 Å². The predicted molar refractivity (Wildman–Crippen MR) is 131 cm³/mol. The van der Waals surface area contributed by atoms with Crippen LogP contribution in [0.2, 0.25) is 5.02 Å². The Morgan fingerprint density at radius 1 is 1.03 bits per heavy atom. The van der Waals surface area contributed by atoms with E-state index in [1.54, 1.807) is 0 Å². The molecule has 1 N–H and O–H groups in total. The van der Waals surface area contributed by atoms with Gasteiger partial charge in [0.2, 0.25) is 0 Å². The molecule has 164 valence electrons. The largest absolute Gasteiger partial charge is 0.352 e. The normalized spacial score (nSPS) is 11.2. The third kappa shape index (κ3) is 6.96. The van der Waals surface area contributed by atoms with Gasteiger partial charge in [-0.2, -0.15) is 0 Å². The Hall–Kier alpha value is -2.08. The zero-order valence-corrected chi connectivity index (χ0v) is 19.8. The molecular weight excluding hydrogens is 426 g/mol. The second-order valence-electron chi connectivity index (χ2n) is 7.53. The first kappa shape index (κ1) is 23.6. The molecule has 0 spiro atoms. The van der Waals surface area contributed by atoms with Crippen LogP contribution in [0.4, 0.5) is 0 Å². The molecule has 0 unspecified atom stereocenters. The standard InChI is InChI=1S/C25H30ClN3OS/c1-3-15-29(16-4-2)17-7-14-27-25(30)22-18-24(28-23-9-6-5-8-21(22)23)31-20-12-10-19(26)11-13-20/h5-6,8-13,18H,3-4,7,14-17H2,1-2H3,(H,27,30). The lowest BCUT2D eigenvalue weighted by Gasteiger charge is -2.20. The third-order valence-corrected chi connectivity index (χ3v) is 6.17. The number of amides is 1. The number of benzene rings is 2. The van der Waals surface area contributed by atoms with Gasteiger partial charge in [0.15, 0.2) is 0 Å². The molecule has 0 aliphatic carbocycles. The number of carbonyl (C=O) groups is 1. The van der Waals surface area contributed by atoms with Crippen molar-refractivity contribution in [3.8, 4) is 0 Å². The molecule has 1 amide bonds. The quantitative estimate of drug-likeness (QED) is 0.345. The lowest BCUT2D eigenvalue weighted by Crippen LogP contribution is -2.31. The molecule has 4 nitrogen and oxygen atoms in total. The van der Waals surface area contributed by atoms with Crippen molar-refractivity contribution < 1.29 is 4.79 Å². The molecule has 0 aliphatic rings. The van der Waals surface area contributed by atoms with Crippen molar-refractivity contribution in [2.24, 2.45) is 0 Å². The fourth-order valence-corrected chi connectivity index (χ4v) is 4.54. The minimum absolute atomic E-state index is 0.0471. The number of carbonyl (C=O) groups excluding carboxylic acids is 1. The summed E-state index contributed by atoms with van der Waals surface area (Å²) in [5.74, 6) is -0.0471. The summed E-state index contributed by atoms with van der Waals surface area (Å²) in [5, 5.41) is 5.48. The minimum Gasteiger partial charge on any atom is -0.352 e. The Balaban J connectivity index is 1.70. The first-order valence-electron chi connectivity index (χ1n) is 10.9. The molecule has 0 radical (unpaired) electrons. The number of nitrogens with one attached hydrogen (secondary N) is 1. The van der Waals surface area contributed by atoms with E-state index in [0.717, 1.165) is 59.7 Å². The summed E-state index contributed by atoms with van der Waals surface area (Å²) in [5.41, 5.74) is 1.49. The van der Waals surface area contributed by atoms with Gasteiger partial charge >= 0.3 is 0 Å². The lowest BCUT2D eigenvalue weighted by molar-refractivity contribution is 0.0953.